The van der Waals surface area contributed by atoms with E-state index in [-0.39, 0.29) is 35.5 Å². The molecule has 1 aromatic heterocycles. The van der Waals surface area contributed by atoms with Crippen LogP contribution in [0.4, 0.5) is 4.79 Å². The Labute approximate surface area is 269 Å². The molecule has 244 valence electrons. The van der Waals surface area contributed by atoms with E-state index in [4.69, 9.17) is 30.5 Å². The summed E-state index contributed by atoms with van der Waals surface area (Å²) in [6.07, 6.45) is 5.93. The molecule has 0 unspecified atom stereocenters. The van der Waals surface area contributed by atoms with E-state index in [0.717, 1.165) is 38.5 Å². The first kappa shape index (κ1) is 32.8. The smallest absolute Gasteiger partial charge is 0.408 e. The molecular weight excluding hydrogens is 600 g/mol. The number of halogens is 1. The van der Waals surface area contributed by atoms with Gasteiger partial charge in [0.25, 0.3) is 5.88 Å². The predicted molar refractivity (Wildman–Crippen MR) is 168 cm³/mol. The van der Waals surface area contributed by atoms with Gasteiger partial charge in [0.2, 0.25) is 5.91 Å². The molecule has 0 bridgehead atoms. The van der Waals surface area contributed by atoms with Gasteiger partial charge in [-0.1, -0.05) is 38.4 Å². The number of carbonyl (C=O) groups is 3. The van der Waals surface area contributed by atoms with Crippen molar-refractivity contribution >= 4 is 40.6 Å². The molecule has 3 fully saturated rings. The highest BCUT2D eigenvalue weighted by Crippen LogP contribution is 2.47. The second-order valence-electron chi connectivity index (χ2n) is 13.3. The van der Waals surface area contributed by atoms with E-state index >= 15 is 0 Å². The summed E-state index contributed by atoms with van der Waals surface area (Å²) in [5.41, 5.74) is 0.410. The van der Waals surface area contributed by atoms with Gasteiger partial charge in [0.1, 0.15) is 30.0 Å². The van der Waals surface area contributed by atoms with Crippen LogP contribution in [0.2, 0.25) is 5.15 Å². The zero-order valence-electron chi connectivity index (χ0n) is 26.6. The number of amides is 2. The Morgan fingerprint density at radius 1 is 1.16 bits per heavy atom. The number of unbranched alkanes of at least 4 members (excludes halogenated alkanes) is 1. The van der Waals surface area contributed by atoms with Gasteiger partial charge in [0, 0.05) is 12.0 Å². The Morgan fingerprint density at radius 2 is 1.91 bits per heavy atom. The first-order chi connectivity index (χ1) is 21.4. The first-order valence-electron chi connectivity index (χ1n) is 15.6. The van der Waals surface area contributed by atoms with Crippen LogP contribution in [0.15, 0.2) is 30.9 Å². The summed E-state index contributed by atoms with van der Waals surface area (Å²) in [5.74, 6) is -0.142. The predicted octanol–water partition coefficient (Wildman–Crippen LogP) is 5.33. The Bertz CT molecular complexity index is 1440. The van der Waals surface area contributed by atoms with E-state index in [1.165, 1.54) is 12.0 Å². The van der Waals surface area contributed by atoms with Crippen molar-refractivity contribution in [3.8, 4) is 11.6 Å². The van der Waals surface area contributed by atoms with E-state index in [1.807, 2.05) is 26.8 Å². The Balaban J connectivity index is 1.37. The molecule has 1 saturated heterocycles. The molecular formula is C33H43ClN4O7. The number of rotatable bonds is 12. The molecule has 2 aliphatic carbocycles. The normalized spacial score (nSPS) is 24.9. The maximum atomic E-state index is 14.3. The molecule has 11 nitrogen and oxygen atoms in total. The van der Waals surface area contributed by atoms with Crippen molar-refractivity contribution in [2.45, 2.75) is 83.6 Å². The fourth-order valence-electron chi connectivity index (χ4n) is 6.27. The zero-order chi connectivity index (χ0) is 32.5. The maximum absolute atomic E-state index is 14.3. The number of aromatic nitrogens is 2. The van der Waals surface area contributed by atoms with Crippen LogP contribution in [0.3, 0.4) is 0 Å². The van der Waals surface area contributed by atoms with Crippen molar-refractivity contribution in [1.82, 2.24) is 20.2 Å². The van der Waals surface area contributed by atoms with Crippen LogP contribution < -0.4 is 14.8 Å². The van der Waals surface area contributed by atoms with E-state index in [1.54, 1.807) is 25.3 Å². The number of ether oxygens (including phenoxy) is 4. The fraction of sp³-hybridized carbons (Fsp3) is 0.606. The summed E-state index contributed by atoms with van der Waals surface area (Å²) in [4.78, 5) is 51.2. The highest BCUT2D eigenvalue weighted by Gasteiger charge is 2.57. The standard InChI is InChI=1S/C33H43ClN4O7/c1-7-8-9-10-19-15-23(19)45-32(41)37-27(33(2,3)4)30(39)38-17-24(25(18-11-12-18)26(38)31(40)43-6)44-29-28(34)35-21-14-13-20(42-5)16-22(21)36-29/h7,13-14,16,18-19,23-27H,1,8-12,15,17H2,2-6H3,(H,37,41)/t19-,23-,24+,25-,26+,27-/m1/s1. The van der Waals surface area contributed by atoms with Gasteiger partial charge in [0.15, 0.2) is 5.15 Å². The molecule has 2 heterocycles. The van der Waals surface area contributed by atoms with Crippen molar-refractivity contribution in [3.05, 3.63) is 36.0 Å². The summed E-state index contributed by atoms with van der Waals surface area (Å²) in [6.45, 7) is 9.41. The van der Waals surface area contributed by atoms with Crippen molar-refractivity contribution < 1.29 is 33.3 Å². The summed E-state index contributed by atoms with van der Waals surface area (Å²) >= 11 is 6.52. The molecule has 1 aliphatic heterocycles. The summed E-state index contributed by atoms with van der Waals surface area (Å²) < 4.78 is 22.6. The van der Waals surface area contributed by atoms with Gasteiger partial charge in [0.05, 0.1) is 31.8 Å². The number of carbonyl (C=O) groups excluding carboxylic acids is 3. The molecule has 0 spiro atoms. The number of fused-ring (bicyclic) bond motifs is 1. The minimum Gasteiger partial charge on any atom is -0.497 e. The molecule has 2 saturated carbocycles. The van der Waals surface area contributed by atoms with Crippen LogP contribution in [0.1, 0.15) is 59.3 Å². The van der Waals surface area contributed by atoms with Gasteiger partial charge in [-0.15, -0.1) is 6.58 Å². The quantitative estimate of drug-likeness (QED) is 0.185. The highest BCUT2D eigenvalue weighted by atomic mass is 35.5. The lowest BCUT2D eigenvalue weighted by Gasteiger charge is -2.35. The molecule has 1 N–H and O–H groups in total. The topological polar surface area (TPSA) is 129 Å². The number of nitrogens with one attached hydrogen (secondary N) is 1. The van der Waals surface area contributed by atoms with E-state index in [9.17, 15) is 14.4 Å². The van der Waals surface area contributed by atoms with Crippen LogP contribution >= 0.6 is 11.6 Å². The largest absolute Gasteiger partial charge is 0.497 e. The summed E-state index contributed by atoms with van der Waals surface area (Å²) in [7, 11) is 2.87. The minimum atomic E-state index is -0.967. The number of nitrogens with zero attached hydrogens (tertiary/aromatic N) is 3. The van der Waals surface area contributed by atoms with Crippen LogP contribution in [0.5, 0.6) is 11.6 Å². The van der Waals surface area contributed by atoms with Crippen LogP contribution in [-0.2, 0) is 19.1 Å². The molecule has 2 aromatic rings. The molecule has 3 aliphatic rings. The number of esters is 1. The van der Waals surface area contributed by atoms with Crippen LogP contribution in [0, 0.1) is 23.2 Å². The fourth-order valence-corrected chi connectivity index (χ4v) is 6.45. The molecule has 6 atom stereocenters. The first-order valence-corrected chi connectivity index (χ1v) is 16.0. The van der Waals surface area contributed by atoms with Crippen LogP contribution in [-0.4, -0.2) is 77.9 Å². The van der Waals surface area contributed by atoms with Crippen molar-refractivity contribution in [2.24, 2.45) is 23.2 Å². The molecule has 45 heavy (non-hydrogen) atoms. The number of hydrogen-bond donors (Lipinski definition) is 1. The second-order valence-corrected chi connectivity index (χ2v) is 13.7. The molecule has 1 aromatic carbocycles. The van der Waals surface area contributed by atoms with Gasteiger partial charge < -0.3 is 29.2 Å². The SMILES string of the molecule is C=CCCC[C@@H]1C[C@H]1OC(=O)N[C@H](C(=O)N1C[C@H](Oc2nc3cc(OC)ccc3nc2Cl)[C@@H](C2CC2)[C@H]1C(=O)OC)C(C)(C)C. The number of likely N-dealkylation sites (tertiary alicyclic amines) is 1. The lowest BCUT2D eigenvalue weighted by atomic mass is 9.85. The van der Waals surface area contributed by atoms with Crippen LogP contribution in [0.25, 0.3) is 11.0 Å². The summed E-state index contributed by atoms with van der Waals surface area (Å²) in [5, 5.41) is 2.89. The van der Waals surface area contributed by atoms with E-state index in [0.29, 0.717) is 22.7 Å². The zero-order valence-corrected chi connectivity index (χ0v) is 27.3. The van der Waals surface area contributed by atoms with E-state index < -0.39 is 41.6 Å². The minimum absolute atomic E-state index is 0.0708. The number of hydrogen-bond acceptors (Lipinski definition) is 9. The number of allylic oxidation sites excluding steroid dienone is 1. The van der Waals surface area contributed by atoms with Gasteiger partial charge in [-0.2, -0.15) is 0 Å². The molecule has 12 heteroatoms. The average molecular weight is 643 g/mol. The van der Waals surface area contributed by atoms with Crippen molar-refractivity contribution in [3.63, 3.8) is 0 Å². The van der Waals surface area contributed by atoms with E-state index in [2.05, 4.69) is 21.9 Å². The third-order valence-corrected chi connectivity index (χ3v) is 9.18. The third-order valence-electron chi connectivity index (χ3n) is 8.94. The molecule has 2 amide bonds. The average Bonchev–Trinajstić information content (AvgIpc) is 3.93. The summed E-state index contributed by atoms with van der Waals surface area (Å²) in [6, 6.07) is 3.37. The lowest BCUT2D eigenvalue weighted by molar-refractivity contribution is -0.154. The number of methoxy groups -OCH3 is 2. The van der Waals surface area contributed by atoms with Gasteiger partial charge >= 0.3 is 12.1 Å². The number of alkyl carbamates (subject to hydrolysis) is 1. The van der Waals surface area contributed by atoms with Crippen molar-refractivity contribution in [1.29, 1.82) is 0 Å². The Hall–Kier alpha value is -3.60. The molecule has 5 rings (SSSR count). The van der Waals surface area contributed by atoms with Crippen molar-refractivity contribution in [2.75, 3.05) is 20.8 Å². The molecule has 0 radical (unpaired) electrons. The Morgan fingerprint density at radius 3 is 2.56 bits per heavy atom. The lowest BCUT2D eigenvalue weighted by Crippen LogP contribution is -2.57. The number of benzene rings is 1. The van der Waals surface area contributed by atoms with Gasteiger partial charge in [-0.25, -0.2) is 19.6 Å². The second kappa shape index (κ2) is 13.4. The maximum Gasteiger partial charge on any atom is 0.408 e. The highest BCUT2D eigenvalue weighted by molar-refractivity contribution is 6.31. The third kappa shape index (κ3) is 7.45. The van der Waals surface area contributed by atoms with Gasteiger partial charge in [-0.05, 0) is 67.9 Å². The monoisotopic (exact) mass is 642 g/mol. The Kier molecular flexibility index (Phi) is 9.77. The van der Waals surface area contributed by atoms with Gasteiger partial charge in [-0.3, -0.25) is 4.79 Å².